The first-order valence-electron chi connectivity index (χ1n) is 2.25. The summed E-state index contributed by atoms with van der Waals surface area (Å²) in [5, 5.41) is 1.87. The normalized spacial score (nSPS) is 9.00. The predicted molar refractivity (Wildman–Crippen MR) is 39.8 cm³/mol. The third-order valence-electron chi connectivity index (χ3n) is 0.776. The number of halogens is 1. The van der Waals surface area contributed by atoms with Crippen LogP contribution in [0.5, 0.6) is 0 Å². The van der Waals surface area contributed by atoms with Crippen molar-refractivity contribution in [3.05, 3.63) is 23.2 Å². The van der Waals surface area contributed by atoms with Gasteiger partial charge in [0.15, 0.2) is 0 Å². The first kappa shape index (κ1) is 6.58. The topological polar surface area (TPSA) is 25.8 Å². The fourth-order valence-corrected chi connectivity index (χ4v) is 0.696. The highest BCUT2D eigenvalue weighted by Crippen LogP contribution is 2.01. The zero-order valence-corrected chi connectivity index (χ0v) is 5.99. The molecule has 1 rings (SSSR count). The van der Waals surface area contributed by atoms with Crippen molar-refractivity contribution < 1.29 is 0 Å². The second-order valence-corrected chi connectivity index (χ2v) is 2.01. The van der Waals surface area contributed by atoms with E-state index in [-0.39, 0.29) is 0 Å². The number of hydrogen-bond acceptors (Lipinski definition) is 3. The minimum Gasteiger partial charge on any atom is -0.236 e. The quantitative estimate of drug-likeness (QED) is 0.458. The predicted octanol–water partition coefficient (Wildman–Crippen LogP) is 1.48. The molecule has 0 unspecified atom stereocenters. The van der Waals surface area contributed by atoms with E-state index in [1.165, 1.54) is 11.7 Å². The third-order valence-corrected chi connectivity index (χ3v) is 1.22. The Morgan fingerprint density at radius 3 is 2.78 bits per heavy atom. The third kappa shape index (κ3) is 1.69. The van der Waals surface area contributed by atoms with E-state index in [2.05, 4.69) is 22.2 Å². The molecule has 0 aliphatic rings. The number of nitrogens with zero attached hydrogens (tertiary/aromatic N) is 2. The first-order valence-corrected chi connectivity index (χ1v) is 3.10. The van der Waals surface area contributed by atoms with Gasteiger partial charge in [-0.15, -0.1) is 0 Å². The van der Waals surface area contributed by atoms with Crippen LogP contribution < -0.4 is 0 Å². The zero-order chi connectivity index (χ0) is 6.69. The average Bonchev–Trinajstić information content (AvgIpc) is 1.88. The van der Waals surface area contributed by atoms with Crippen LogP contribution in [0.15, 0.2) is 12.4 Å². The van der Waals surface area contributed by atoms with E-state index in [1.54, 1.807) is 6.07 Å². The molecule has 0 bridgehead atoms. The molecule has 0 radical (unpaired) electrons. The highest BCUT2D eigenvalue weighted by Gasteiger charge is 1.88. The molecule has 0 atom stereocenters. The Morgan fingerprint density at radius 2 is 2.33 bits per heavy atom. The van der Waals surface area contributed by atoms with Crippen LogP contribution in [0.3, 0.4) is 0 Å². The van der Waals surface area contributed by atoms with Crippen LogP contribution in [0.4, 0.5) is 0 Å². The monoisotopic (exact) mass is 158 g/mol. The maximum Gasteiger partial charge on any atom is 0.133 e. The molecule has 0 saturated heterocycles. The van der Waals surface area contributed by atoms with Crippen molar-refractivity contribution in [1.29, 1.82) is 0 Å². The Bertz CT molecular complexity index is 226. The smallest absolute Gasteiger partial charge is 0.133 e. The van der Waals surface area contributed by atoms with E-state index < -0.39 is 0 Å². The van der Waals surface area contributed by atoms with Crippen molar-refractivity contribution in [3.8, 4) is 0 Å². The van der Waals surface area contributed by atoms with Gasteiger partial charge >= 0.3 is 0 Å². The summed E-state index contributed by atoms with van der Waals surface area (Å²) in [6, 6.07) is 1.61. The minimum atomic E-state index is 0.418. The van der Waals surface area contributed by atoms with E-state index in [4.69, 9.17) is 11.6 Å². The van der Waals surface area contributed by atoms with E-state index in [9.17, 15) is 0 Å². The van der Waals surface area contributed by atoms with Crippen molar-refractivity contribution >= 4 is 29.2 Å². The fraction of sp³-hybridized carbons (Fsp3) is 0. The number of thiocarbonyl (C=S) groups is 1. The van der Waals surface area contributed by atoms with Crippen LogP contribution in [0.2, 0.25) is 5.15 Å². The molecule has 46 valence electrons. The lowest BCUT2D eigenvalue weighted by atomic mass is 10.5. The van der Waals surface area contributed by atoms with Crippen molar-refractivity contribution in [2.75, 3.05) is 0 Å². The van der Waals surface area contributed by atoms with E-state index in [1.807, 2.05) is 0 Å². The summed E-state index contributed by atoms with van der Waals surface area (Å²) in [4.78, 5) is 7.48. The number of rotatable bonds is 1. The van der Waals surface area contributed by atoms with E-state index >= 15 is 0 Å². The summed E-state index contributed by atoms with van der Waals surface area (Å²) in [6.07, 6.45) is 1.38. The Morgan fingerprint density at radius 1 is 1.56 bits per heavy atom. The highest BCUT2D eigenvalue weighted by molar-refractivity contribution is 7.79. The van der Waals surface area contributed by atoms with Gasteiger partial charge in [0.2, 0.25) is 0 Å². The van der Waals surface area contributed by atoms with Crippen molar-refractivity contribution in [2.45, 2.75) is 0 Å². The molecule has 4 heteroatoms. The number of hydrogen-bond donors (Lipinski definition) is 0. The second-order valence-electron chi connectivity index (χ2n) is 1.38. The van der Waals surface area contributed by atoms with Gasteiger partial charge in [-0.3, -0.25) is 0 Å². The van der Waals surface area contributed by atoms with Gasteiger partial charge in [0.25, 0.3) is 0 Å². The summed E-state index contributed by atoms with van der Waals surface area (Å²) < 4.78 is 0. The van der Waals surface area contributed by atoms with Crippen LogP contribution in [0.1, 0.15) is 5.69 Å². The minimum absolute atomic E-state index is 0.418. The maximum atomic E-state index is 5.51. The molecule has 0 saturated carbocycles. The summed E-state index contributed by atoms with van der Waals surface area (Å²) in [7, 11) is 0. The average molecular weight is 159 g/mol. The van der Waals surface area contributed by atoms with Gasteiger partial charge in [-0.05, 0) is 0 Å². The number of aromatic nitrogens is 2. The lowest BCUT2D eigenvalue weighted by Crippen LogP contribution is -1.85. The Hall–Kier alpha value is -0.540. The lowest BCUT2D eigenvalue weighted by Gasteiger charge is -1.87. The second kappa shape index (κ2) is 2.85. The van der Waals surface area contributed by atoms with Crippen molar-refractivity contribution in [1.82, 2.24) is 9.97 Å². The standard InChI is InChI=1S/C5H3ClN2S/c6-5-1-4(2-9)7-3-8-5/h1-3H. The molecule has 0 aromatic carbocycles. The highest BCUT2D eigenvalue weighted by atomic mass is 35.5. The Labute approximate surface area is 62.9 Å². The lowest BCUT2D eigenvalue weighted by molar-refractivity contribution is 1.16. The molecule has 2 nitrogen and oxygen atoms in total. The SMILES string of the molecule is S=Cc1cc(Cl)ncn1. The molecule has 9 heavy (non-hydrogen) atoms. The molecule has 1 aromatic heterocycles. The van der Waals surface area contributed by atoms with Gasteiger partial charge in [0.1, 0.15) is 11.5 Å². The van der Waals surface area contributed by atoms with Gasteiger partial charge in [0, 0.05) is 11.4 Å². The molecule has 0 amide bonds. The Balaban J connectivity index is 3.07. The zero-order valence-electron chi connectivity index (χ0n) is 4.41. The molecule has 0 fully saturated rings. The van der Waals surface area contributed by atoms with Gasteiger partial charge in [-0.25, -0.2) is 9.97 Å². The molecule has 1 heterocycles. The van der Waals surface area contributed by atoms with Gasteiger partial charge < -0.3 is 0 Å². The molecule has 1 aromatic rings. The van der Waals surface area contributed by atoms with Crippen molar-refractivity contribution in [2.24, 2.45) is 0 Å². The molecular formula is C5H3ClN2S. The van der Waals surface area contributed by atoms with Crippen LogP contribution in [-0.2, 0) is 0 Å². The van der Waals surface area contributed by atoms with Crippen LogP contribution in [0, 0.1) is 0 Å². The summed E-state index contributed by atoms with van der Waals surface area (Å²) in [6.45, 7) is 0. The summed E-state index contributed by atoms with van der Waals surface area (Å²) in [5.74, 6) is 0. The maximum absolute atomic E-state index is 5.51. The van der Waals surface area contributed by atoms with Gasteiger partial charge in [-0.1, -0.05) is 23.8 Å². The first-order chi connectivity index (χ1) is 4.33. The molecule has 0 aliphatic heterocycles. The molecule has 0 spiro atoms. The van der Waals surface area contributed by atoms with Crippen LogP contribution in [-0.4, -0.2) is 15.3 Å². The Kier molecular flexibility index (Phi) is 2.08. The molecular weight excluding hydrogens is 156 g/mol. The van der Waals surface area contributed by atoms with Crippen LogP contribution in [0.25, 0.3) is 0 Å². The molecule has 0 aliphatic carbocycles. The fourth-order valence-electron chi connectivity index (χ4n) is 0.412. The largest absolute Gasteiger partial charge is 0.236 e. The summed E-state index contributed by atoms with van der Waals surface area (Å²) in [5.41, 5.74) is 0.671. The van der Waals surface area contributed by atoms with Gasteiger partial charge in [0.05, 0.1) is 5.69 Å². The molecule has 0 N–H and O–H groups in total. The van der Waals surface area contributed by atoms with E-state index in [0.717, 1.165) is 0 Å². The van der Waals surface area contributed by atoms with Crippen molar-refractivity contribution in [3.63, 3.8) is 0 Å². The van der Waals surface area contributed by atoms with Gasteiger partial charge in [-0.2, -0.15) is 0 Å². The van der Waals surface area contributed by atoms with E-state index in [0.29, 0.717) is 10.8 Å². The van der Waals surface area contributed by atoms with Crippen LogP contribution >= 0.6 is 23.8 Å². The summed E-state index contributed by atoms with van der Waals surface area (Å²) >= 11 is 10.1.